The van der Waals surface area contributed by atoms with Gasteiger partial charge in [0.2, 0.25) is 18.0 Å². The lowest BCUT2D eigenvalue weighted by atomic mass is 10.1. The number of fused-ring (bicyclic) bond motifs is 1. The summed E-state index contributed by atoms with van der Waals surface area (Å²) in [6, 6.07) is 2.62. The number of esters is 1. The van der Waals surface area contributed by atoms with Crippen LogP contribution in [0.15, 0.2) is 12.1 Å². The van der Waals surface area contributed by atoms with Crippen LogP contribution in [0, 0.1) is 0 Å². The number of unbranched alkanes of at least 4 members (excludes halogenated alkanes) is 1. The molecule has 0 aromatic heterocycles. The van der Waals surface area contributed by atoms with Gasteiger partial charge in [-0.3, -0.25) is 14.5 Å². The number of likely N-dealkylation sites (tertiary alicyclic amines) is 1. The molecular weight excluding hydrogens is 404 g/mol. The highest BCUT2D eigenvalue weighted by molar-refractivity contribution is 5.99. The fraction of sp³-hybridized carbons (Fsp3) is 0.591. The van der Waals surface area contributed by atoms with Crippen molar-refractivity contribution in [1.82, 2.24) is 10.2 Å². The average molecular weight is 434 g/mol. The van der Waals surface area contributed by atoms with Crippen LogP contribution in [0.4, 0.5) is 0 Å². The van der Waals surface area contributed by atoms with E-state index in [-0.39, 0.29) is 29.5 Å². The van der Waals surface area contributed by atoms with Gasteiger partial charge in [0.05, 0.1) is 14.2 Å². The Hall–Kier alpha value is -2.81. The summed E-state index contributed by atoms with van der Waals surface area (Å²) in [7, 11) is 2.91. The Labute approximate surface area is 182 Å². The van der Waals surface area contributed by atoms with Crippen molar-refractivity contribution >= 4 is 17.8 Å². The van der Waals surface area contributed by atoms with E-state index < -0.39 is 18.2 Å². The van der Waals surface area contributed by atoms with E-state index in [0.29, 0.717) is 37.3 Å². The molecule has 1 aromatic carbocycles. The minimum Gasteiger partial charge on any atom is -0.493 e. The van der Waals surface area contributed by atoms with E-state index in [1.165, 1.54) is 19.1 Å². The maximum atomic E-state index is 12.8. The maximum absolute atomic E-state index is 12.8. The van der Waals surface area contributed by atoms with Crippen LogP contribution in [0.1, 0.15) is 61.2 Å². The molecular formula is C22H30N2O7. The molecule has 1 N–H and O–H groups in total. The van der Waals surface area contributed by atoms with E-state index in [2.05, 4.69) is 12.2 Å². The molecule has 2 aliphatic heterocycles. The van der Waals surface area contributed by atoms with Crippen molar-refractivity contribution in [2.75, 3.05) is 34.0 Å². The molecule has 170 valence electrons. The zero-order valence-corrected chi connectivity index (χ0v) is 18.3. The Morgan fingerprint density at radius 1 is 1.19 bits per heavy atom. The predicted octanol–water partition coefficient (Wildman–Crippen LogP) is 2.19. The number of ether oxygens (including phenoxy) is 4. The fourth-order valence-corrected chi connectivity index (χ4v) is 3.89. The van der Waals surface area contributed by atoms with Crippen molar-refractivity contribution in [3.8, 4) is 11.5 Å². The van der Waals surface area contributed by atoms with Gasteiger partial charge in [-0.2, -0.15) is 0 Å². The highest BCUT2D eigenvalue weighted by Gasteiger charge is 2.47. The smallest absolute Gasteiger partial charge is 0.344 e. The summed E-state index contributed by atoms with van der Waals surface area (Å²) in [6.45, 7) is 3.85. The average Bonchev–Trinajstić information content (AvgIpc) is 3.31. The third kappa shape index (κ3) is 4.76. The summed E-state index contributed by atoms with van der Waals surface area (Å²) in [5.74, 6) is -0.461. The summed E-state index contributed by atoms with van der Waals surface area (Å²) in [5.41, 5.74) is 0.704. The van der Waals surface area contributed by atoms with Crippen molar-refractivity contribution < 1.29 is 33.3 Å². The first kappa shape index (κ1) is 22.9. The van der Waals surface area contributed by atoms with Crippen LogP contribution in [0.5, 0.6) is 11.5 Å². The van der Waals surface area contributed by atoms with Gasteiger partial charge in [0.1, 0.15) is 11.6 Å². The lowest BCUT2D eigenvalue weighted by Gasteiger charge is -2.29. The van der Waals surface area contributed by atoms with Crippen molar-refractivity contribution in [3.05, 3.63) is 23.3 Å². The lowest BCUT2D eigenvalue weighted by molar-refractivity contribution is -0.145. The topological polar surface area (TPSA) is 103 Å². The van der Waals surface area contributed by atoms with Crippen LogP contribution in [-0.4, -0.2) is 62.7 Å². The van der Waals surface area contributed by atoms with Gasteiger partial charge < -0.3 is 24.3 Å². The second kappa shape index (κ2) is 10.5. The molecule has 1 fully saturated rings. The number of carbonyl (C=O) groups is 3. The van der Waals surface area contributed by atoms with Crippen LogP contribution < -0.4 is 14.8 Å². The van der Waals surface area contributed by atoms with E-state index in [9.17, 15) is 14.4 Å². The number of amides is 2. The minimum absolute atomic E-state index is 0.217. The number of methoxy groups -OCH3 is 2. The largest absolute Gasteiger partial charge is 0.493 e. The number of benzene rings is 1. The summed E-state index contributed by atoms with van der Waals surface area (Å²) in [4.78, 5) is 39.3. The van der Waals surface area contributed by atoms with E-state index >= 15 is 0 Å². The summed E-state index contributed by atoms with van der Waals surface area (Å²) in [5, 5.41) is 2.87. The van der Waals surface area contributed by atoms with Gasteiger partial charge in [0.25, 0.3) is 0 Å². The number of nitrogens with zero attached hydrogens (tertiary/aromatic N) is 1. The molecule has 2 heterocycles. The van der Waals surface area contributed by atoms with Crippen LogP contribution in [0.25, 0.3) is 0 Å². The Morgan fingerprint density at radius 2 is 1.97 bits per heavy atom. The number of hydrogen-bond acceptors (Lipinski definition) is 7. The molecule has 0 bridgehead atoms. The van der Waals surface area contributed by atoms with E-state index in [1.54, 1.807) is 12.1 Å². The number of rotatable bonds is 11. The van der Waals surface area contributed by atoms with Gasteiger partial charge in [-0.1, -0.05) is 13.3 Å². The zero-order chi connectivity index (χ0) is 22.4. The van der Waals surface area contributed by atoms with Gasteiger partial charge in [-0.05, 0) is 31.4 Å². The van der Waals surface area contributed by atoms with Gasteiger partial charge in [0.15, 0.2) is 11.5 Å². The van der Waals surface area contributed by atoms with Gasteiger partial charge in [-0.15, -0.1) is 0 Å². The van der Waals surface area contributed by atoms with Crippen LogP contribution in [0.3, 0.4) is 0 Å². The lowest BCUT2D eigenvalue weighted by Crippen LogP contribution is -2.46. The summed E-state index contributed by atoms with van der Waals surface area (Å²) in [6.07, 6.45) is 2.40. The molecule has 3 rings (SSSR count). The van der Waals surface area contributed by atoms with Gasteiger partial charge in [-0.25, -0.2) is 4.79 Å². The molecule has 2 aliphatic rings. The molecule has 2 amide bonds. The van der Waals surface area contributed by atoms with Crippen molar-refractivity contribution in [3.63, 3.8) is 0 Å². The Balaban J connectivity index is 1.69. The molecule has 0 spiro atoms. The van der Waals surface area contributed by atoms with Crippen molar-refractivity contribution in [1.29, 1.82) is 0 Å². The van der Waals surface area contributed by atoms with Gasteiger partial charge >= 0.3 is 5.97 Å². The molecule has 0 unspecified atom stereocenters. The molecule has 0 radical (unpaired) electrons. The first-order valence-electron chi connectivity index (χ1n) is 10.7. The number of carbonyl (C=O) groups excluding carboxylic acids is 3. The normalized spacial score (nSPS) is 19.9. The first-order valence-corrected chi connectivity index (χ1v) is 10.7. The highest BCUT2D eigenvalue weighted by Crippen LogP contribution is 2.45. The van der Waals surface area contributed by atoms with Crippen molar-refractivity contribution in [2.24, 2.45) is 0 Å². The second-order valence-electron chi connectivity index (χ2n) is 7.49. The first-order chi connectivity index (χ1) is 15.0. The Bertz CT molecular complexity index is 826. The summed E-state index contributed by atoms with van der Waals surface area (Å²) < 4.78 is 21.6. The molecule has 1 saturated heterocycles. The molecule has 1 aromatic rings. The third-order valence-electron chi connectivity index (χ3n) is 5.48. The molecule has 31 heavy (non-hydrogen) atoms. The zero-order valence-electron chi connectivity index (χ0n) is 18.3. The predicted molar refractivity (Wildman–Crippen MR) is 111 cm³/mol. The third-order valence-corrected chi connectivity index (χ3v) is 5.48. The standard InChI is InChI=1S/C22H30N2O7/c1-4-5-12-30-13-6-11-23-20(26)15-8-10-17(25)24(15)21-14-7-9-16(28-2)19(29-3)18(14)22(27)31-21/h7,9,15,21H,4-6,8,10-13H2,1-3H3,(H,23,26)/t15-,21+/m0/s1. The number of hydrogen-bond donors (Lipinski definition) is 1. The fourth-order valence-electron chi connectivity index (χ4n) is 3.89. The molecule has 2 atom stereocenters. The van der Waals surface area contributed by atoms with Crippen LogP contribution in [0.2, 0.25) is 0 Å². The molecule has 0 saturated carbocycles. The minimum atomic E-state index is -0.967. The Morgan fingerprint density at radius 3 is 2.68 bits per heavy atom. The Kier molecular flexibility index (Phi) is 7.73. The number of nitrogens with one attached hydrogen (secondary N) is 1. The van der Waals surface area contributed by atoms with Crippen LogP contribution >= 0.6 is 0 Å². The quantitative estimate of drug-likeness (QED) is 0.421. The highest BCUT2D eigenvalue weighted by atomic mass is 16.6. The van der Waals surface area contributed by atoms with Crippen LogP contribution in [-0.2, 0) is 19.1 Å². The number of cyclic esters (lactones) is 1. The molecule has 0 aliphatic carbocycles. The molecule has 9 heteroatoms. The van der Waals surface area contributed by atoms with Gasteiger partial charge in [0, 0.05) is 31.7 Å². The van der Waals surface area contributed by atoms with E-state index in [0.717, 1.165) is 19.4 Å². The SMILES string of the molecule is CCCCOCCCNC(=O)[C@@H]1CCC(=O)N1[C@@H]1OC(=O)c2c1ccc(OC)c2OC. The van der Waals surface area contributed by atoms with Crippen molar-refractivity contribution in [2.45, 2.75) is 51.3 Å². The van der Waals surface area contributed by atoms with E-state index in [4.69, 9.17) is 18.9 Å². The second-order valence-corrected chi connectivity index (χ2v) is 7.49. The monoisotopic (exact) mass is 434 g/mol. The maximum Gasteiger partial charge on any atom is 0.344 e. The van der Waals surface area contributed by atoms with E-state index in [1.807, 2.05) is 0 Å². The molecule has 9 nitrogen and oxygen atoms in total. The summed E-state index contributed by atoms with van der Waals surface area (Å²) >= 11 is 0.